The van der Waals surface area contributed by atoms with E-state index in [1.165, 1.54) is 12.1 Å². The molecule has 0 fully saturated rings. The molecule has 17 heavy (non-hydrogen) atoms. The fraction of sp³-hybridized carbons (Fsp3) is 0.417. The molecule has 0 radical (unpaired) electrons. The molecular weight excluding hydrogens is 289 g/mol. The molecule has 0 atom stereocenters. The lowest BCUT2D eigenvalue weighted by atomic mass is 10.2. The van der Waals surface area contributed by atoms with Crippen molar-refractivity contribution < 1.29 is 13.9 Å². The Hall–Kier alpha value is -0.940. The maximum Gasteiger partial charge on any atom is 0.320 e. The Morgan fingerprint density at radius 3 is 2.88 bits per heavy atom. The van der Waals surface area contributed by atoms with E-state index in [9.17, 15) is 9.18 Å². The molecule has 0 aromatic heterocycles. The van der Waals surface area contributed by atoms with E-state index in [0.717, 1.165) is 10.0 Å². The van der Waals surface area contributed by atoms with Crippen molar-refractivity contribution >= 4 is 21.9 Å². The minimum absolute atomic E-state index is 0.112. The second-order valence-electron chi connectivity index (χ2n) is 3.88. The standard InChI is InChI=1S/C12H15BrFNO2/c1-8(2)17-12(16)7-15-6-9-5-10(14)3-4-11(9)13/h3-5,8,15H,6-7H2,1-2H3. The van der Waals surface area contributed by atoms with Gasteiger partial charge in [-0.2, -0.15) is 0 Å². The van der Waals surface area contributed by atoms with Crippen molar-refractivity contribution in [3.05, 3.63) is 34.1 Å². The third kappa shape index (κ3) is 5.28. The lowest BCUT2D eigenvalue weighted by Gasteiger charge is -2.09. The van der Waals surface area contributed by atoms with Crippen molar-refractivity contribution in [1.29, 1.82) is 0 Å². The number of rotatable bonds is 5. The van der Waals surface area contributed by atoms with Gasteiger partial charge < -0.3 is 10.1 Å². The van der Waals surface area contributed by atoms with Gasteiger partial charge in [-0.15, -0.1) is 0 Å². The van der Waals surface area contributed by atoms with Crippen molar-refractivity contribution in [3.63, 3.8) is 0 Å². The molecular formula is C12H15BrFNO2. The van der Waals surface area contributed by atoms with E-state index >= 15 is 0 Å². The smallest absolute Gasteiger partial charge is 0.320 e. The molecule has 1 aromatic carbocycles. The van der Waals surface area contributed by atoms with E-state index in [0.29, 0.717) is 6.54 Å². The van der Waals surface area contributed by atoms with Gasteiger partial charge in [-0.1, -0.05) is 15.9 Å². The third-order valence-corrected chi connectivity index (χ3v) is 2.73. The third-order valence-electron chi connectivity index (χ3n) is 1.96. The predicted octanol–water partition coefficient (Wildman–Crippen LogP) is 2.63. The van der Waals surface area contributed by atoms with Gasteiger partial charge in [-0.3, -0.25) is 4.79 Å². The molecule has 0 unspecified atom stereocenters. The highest BCUT2D eigenvalue weighted by Gasteiger charge is 2.06. The molecule has 3 nitrogen and oxygen atoms in total. The van der Waals surface area contributed by atoms with Crippen molar-refractivity contribution in [2.75, 3.05) is 6.54 Å². The molecule has 94 valence electrons. The monoisotopic (exact) mass is 303 g/mol. The number of halogens is 2. The average Bonchev–Trinajstić information content (AvgIpc) is 2.22. The summed E-state index contributed by atoms with van der Waals surface area (Å²) in [7, 11) is 0. The van der Waals surface area contributed by atoms with Crippen LogP contribution in [0.25, 0.3) is 0 Å². The molecule has 0 saturated heterocycles. The van der Waals surface area contributed by atoms with Crippen molar-refractivity contribution in [2.45, 2.75) is 26.5 Å². The first-order valence-corrected chi connectivity index (χ1v) is 6.12. The Kier molecular flexibility index (Phi) is 5.58. The van der Waals surface area contributed by atoms with Gasteiger partial charge in [-0.25, -0.2) is 4.39 Å². The van der Waals surface area contributed by atoms with Gasteiger partial charge in [0, 0.05) is 11.0 Å². The van der Waals surface area contributed by atoms with Gasteiger partial charge >= 0.3 is 5.97 Å². The summed E-state index contributed by atoms with van der Waals surface area (Å²) >= 11 is 3.32. The molecule has 0 saturated carbocycles. The lowest BCUT2D eigenvalue weighted by molar-refractivity contribution is -0.146. The summed E-state index contributed by atoms with van der Waals surface area (Å²) in [4.78, 5) is 11.2. The van der Waals surface area contributed by atoms with Gasteiger partial charge in [-0.05, 0) is 37.6 Å². The Balaban J connectivity index is 2.40. The number of benzene rings is 1. The summed E-state index contributed by atoms with van der Waals surface area (Å²) in [5.74, 6) is -0.609. The van der Waals surface area contributed by atoms with E-state index in [1.54, 1.807) is 19.9 Å². The van der Waals surface area contributed by atoms with Crippen LogP contribution in [0, 0.1) is 5.82 Å². The van der Waals surface area contributed by atoms with Crippen LogP contribution < -0.4 is 5.32 Å². The van der Waals surface area contributed by atoms with Gasteiger partial charge in [0.15, 0.2) is 0 Å². The van der Waals surface area contributed by atoms with E-state index in [4.69, 9.17) is 4.74 Å². The summed E-state index contributed by atoms with van der Waals surface area (Å²) < 4.78 is 18.7. The first kappa shape index (κ1) is 14.1. The summed E-state index contributed by atoms with van der Waals surface area (Å²) in [6.45, 7) is 4.11. The van der Waals surface area contributed by atoms with Crippen LogP contribution in [0.3, 0.4) is 0 Å². The molecule has 5 heteroatoms. The number of carbonyl (C=O) groups excluding carboxylic acids is 1. The van der Waals surface area contributed by atoms with Crippen LogP contribution in [0.15, 0.2) is 22.7 Å². The fourth-order valence-electron chi connectivity index (χ4n) is 1.28. The van der Waals surface area contributed by atoms with Crippen LogP contribution in [0.1, 0.15) is 19.4 Å². The molecule has 0 amide bonds. The van der Waals surface area contributed by atoms with E-state index < -0.39 is 0 Å². The maximum absolute atomic E-state index is 13.0. The molecule has 1 aromatic rings. The first-order valence-electron chi connectivity index (χ1n) is 5.33. The summed E-state index contributed by atoms with van der Waals surface area (Å²) in [5, 5.41) is 2.90. The Morgan fingerprint density at radius 2 is 2.24 bits per heavy atom. The zero-order valence-electron chi connectivity index (χ0n) is 9.80. The predicted molar refractivity (Wildman–Crippen MR) is 67.0 cm³/mol. The van der Waals surface area contributed by atoms with E-state index in [2.05, 4.69) is 21.2 Å². The highest BCUT2D eigenvalue weighted by molar-refractivity contribution is 9.10. The van der Waals surface area contributed by atoms with Crippen LogP contribution in [0.5, 0.6) is 0 Å². The summed E-state index contributed by atoms with van der Waals surface area (Å²) in [6.07, 6.45) is -0.120. The van der Waals surface area contributed by atoms with Crippen LogP contribution in [-0.4, -0.2) is 18.6 Å². The number of esters is 1. The molecule has 1 rings (SSSR count). The average molecular weight is 304 g/mol. The highest BCUT2D eigenvalue weighted by atomic mass is 79.9. The maximum atomic E-state index is 13.0. The second-order valence-corrected chi connectivity index (χ2v) is 4.73. The Labute approximate surface area is 108 Å². The first-order chi connectivity index (χ1) is 7.99. The molecule has 0 bridgehead atoms. The lowest BCUT2D eigenvalue weighted by Crippen LogP contribution is -2.26. The van der Waals surface area contributed by atoms with Gasteiger partial charge in [0.25, 0.3) is 0 Å². The van der Waals surface area contributed by atoms with Crippen LogP contribution in [0.4, 0.5) is 4.39 Å². The fourth-order valence-corrected chi connectivity index (χ4v) is 1.67. The minimum atomic E-state index is -0.312. The van der Waals surface area contributed by atoms with Crippen molar-refractivity contribution in [1.82, 2.24) is 5.32 Å². The zero-order valence-corrected chi connectivity index (χ0v) is 11.4. The normalized spacial score (nSPS) is 10.6. The Bertz CT molecular complexity index is 396. The summed E-state index contributed by atoms with van der Waals surface area (Å²) in [5.41, 5.74) is 0.766. The van der Waals surface area contributed by atoms with Gasteiger partial charge in [0.05, 0.1) is 12.6 Å². The zero-order chi connectivity index (χ0) is 12.8. The number of hydrogen-bond donors (Lipinski definition) is 1. The number of carbonyl (C=O) groups is 1. The molecule has 1 N–H and O–H groups in total. The molecule has 0 aliphatic rings. The van der Waals surface area contributed by atoms with Gasteiger partial charge in [0.2, 0.25) is 0 Å². The van der Waals surface area contributed by atoms with E-state index in [-0.39, 0.29) is 24.4 Å². The van der Waals surface area contributed by atoms with Crippen LogP contribution in [0.2, 0.25) is 0 Å². The summed E-state index contributed by atoms with van der Waals surface area (Å²) in [6, 6.07) is 4.43. The quantitative estimate of drug-likeness (QED) is 0.850. The Morgan fingerprint density at radius 1 is 1.53 bits per heavy atom. The molecule has 0 heterocycles. The molecule has 0 spiro atoms. The van der Waals surface area contributed by atoms with Gasteiger partial charge in [0.1, 0.15) is 5.82 Å². The largest absolute Gasteiger partial charge is 0.462 e. The van der Waals surface area contributed by atoms with Crippen LogP contribution >= 0.6 is 15.9 Å². The SMILES string of the molecule is CC(C)OC(=O)CNCc1cc(F)ccc1Br. The van der Waals surface area contributed by atoms with Crippen LogP contribution in [-0.2, 0) is 16.1 Å². The molecule has 0 aliphatic heterocycles. The number of nitrogens with one attached hydrogen (secondary N) is 1. The second kappa shape index (κ2) is 6.71. The van der Waals surface area contributed by atoms with Crippen molar-refractivity contribution in [2.24, 2.45) is 0 Å². The van der Waals surface area contributed by atoms with E-state index in [1.807, 2.05) is 0 Å². The minimum Gasteiger partial charge on any atom is -0.462 e. The molecule has 0 aliphatic carbocycles. The topological polar surface area (TPSA) is 38.3 Å². The highest BCUT2D eigenvalue weighted by Crippen LogP contribution is 2.17. The number of ether oxygens (including phenoxy) is 1. The number of hydrogen-bond acceptors (Lipinski definition) is 3. The van der Waals surface area contributed by atoms with Crippen molar-refractivity contribution in [3.8, 4) is 0 Å².